The highest BCUT2D eigenvalue weighted by Crippen LogP contribution is 2.34. The molecule has 0 aromatic heterocycles. The second-order valence-corrected chi connectivity index (χ2v) is 7.14. The van der Waals surface area contributed by atoms with Crippen LogP contribution >= 0.6 is 0 Å². The van der Waals surface area contributed by atoms with Crippen LogP contribution in [-0.2, 0) is 33.5 Å². The Hall–Kier alpha value is -0.490. The van der Waals surface area contributed by atoms with Gasteiger partial charge in [0, 0.05) is 0 Å². The van der Waals surface area contributed by atoms with Crippen LogP contribution in [0.3, 0.4) is 0 Å². The van der Waals surface area contributed by atoms with E-state index in [1.54, 1.807) is 0 Å². The van der Waals surface area contributed by atoms with Crippen LogP contribution in [0.2, 0.25) is 0 Å². The van der Waals surface area contributed by atoms with Crippen molar-refractivity contribution >= 4 is 10.4 Å². The lowest BCUT2D eigenvalue weighted by atomic mass is 9.98. The normalized spacial score (nSPS) is 49.3. The molecule has 0 amide bonds. The molecule has 3 heterocycles. The first kappa shape index (κ1) is 20.2. The van der Waals surface area contributed by atoms with E-state index < -0.39 is 78.4 Å². The maximum atomic E-state index is 10.7. The van der Waals surface area contributed by atoms with Gasteiger partial charge in [0.1, 0.15) is 48.8 Å². The Bertz CT molecular complexity index is 596. The predicted octanol–water partition coefficient (Wildman–Crippen LogP) is -4.87. The zero-order valence-corrected chi connectivity index (χ0v) is 13.9. The molecule has 5 N–H and O–H groups in total. The van der Waals surface area contributed by atoms with Crippen LogP contribution < -0.4 is 0 Å². The van der Waals surface area contributed by atoms with Gasteiger partial charge in [-0.1, -0.05) is 0 Å². The molecule has 0 radical (unpaired) electrons. The molecule has 26 heavy (non-hydrogen) atoms. The molecule has 3 saturated heterocycles. The summed E-state index contributed by atoms with van der Waals surface area (Å²) in [7, 11) is -5.24. The number of aliphatic hydroxyl groups is 5. The van der Waals surface area contributed by atoms with E-state index in [1.807, 2.05) is 0 Å². The Morgan fingerprint density at radius 2 is 1.73 bits per heavy atom. The van der Waals surface area contributed by atoms with Crippen molar-refractivity contribution in [2.75, 3.05) is 13.2 Å². The molecule has 2 bridgehead atoms. The first-order valence-electron chi connectivity index (χ1n) is 7.67. The fraction of sp³-hybridized carbons (Fsp3) is 1.00. The van der Waals surface area contributed by atoms with E-state index in [9.17, 15) is 38.5 Å². The Kier molecular flexibility index (Phi) is 5.84. The van der Waals surface area contributed by atoms with Crippen molar-refractivity contribution in [1.82, 2.24) is 0 Å². The van der Waals surface area contributed by atoms with E-state index in [2.05, 4.69) is 4.18 Å². The average Bonchev–Trinajstić information content (AvgIpc) is 2.87. The van der Waals surface area contributed by atoms with Crippen LogP contribution in [0, 0.1) is 0 Å². The Morgan fingerprint density at radius 1 is 1.04 bits per heavy atom. The minimum atomic E-state index is -5.24. The number of fused-ring (bicyclic) bond motifs is 2. The van der Waals surface area contributed by atoms with Crippen LogP contribution in [0.5, 0.6) is 0 Å². The third kappa shape index (κ3) is 3.87. The molecule has 3 rings (SSSR count). The third-order valence-electron chi connectivity index (χ3n) is 4.43. The Morgan fingerprint density at radius 3 is 2.35 bits per heavy atom. The molecular formula is C12H19O13S-. The highest BCUT2D eigenvalue weighted by atomic mass is 32.3. The monoisotopic (exact) mass is 403 g/mol. The molecule has 3 aliphatic heterocycles. The van der Waals surface area contributed by atoms with Gasteiger partial charge >= 0.3 is 0 Å². The van der Waals surface area contributed by atoms with Gasteiger partial charge in [-0.3, -0.25) is 4.18 Å². The third-order valence-corrected chi connectivity index (χ3v) is 4.88. The molecule has 3 fully saturated rings. The van der Waals surface area contributed by atoms with Gasteiger partial charge in [0.15, 0.2) is 12.6 Å². The summed E-state index contributed by atoms with van der Waals surface area (Å²) in [6.45, 7) is -0.867. The molecule has 0 spiro atoms. The van der Waals surface area contributed by atoms with Gasteiger partial charge in [-0.05, 0) is 0 Å². The van der Waals surface area contributed by atoms with Crippen molar-refractivity contribution in [3.63, 3.8) is 0 Å². The van der Waals surface area contributed by atoms with Crippen molar-refractivity contribution in [2.45, 2.75) is 61.4 Å². The van der Waals surface area contributed by atoms with Crippen LogP contribution in [0.1, 0.15) is 0 Å². The van der Waals surface area contributed by atoms with Crippen LogP contribution in [0.4, 0.5) is 0 Å². The fourth-order valence-electron chi connectivity index (χ4n) is 3.18. The lowest BCUT2D eigenvalue weighted by Gasteiger charge is -2.44. The quantitative estimate of drug-likeness (QED) is 0.216. The first-order valence-corrected chi connectivity index (χ1v) is 9.01. The summed E-state index contributed by atoms with van der Waals surface area (Å²) in [5.41, 5.74) is 0. The number of aliphatic hydroxyl groups excluding tert-OH is 5. The molecule has 0 aromatic carbocycles. The number of rotatable bonds is 5. The standard InChI is InChI=1S/C12H20O13S/c13-1-3-8(25-26(18,19)20)5(14)6(15)12(23-3)24-9-4-2-21-10(9)7(16)11(17)22-4/h3-17H,1-2H2,(H,18,19,20)/p-1. The van der Waals surface area contributed by atoms with E-state index in [4.69, 9.17) is 18.9 Å². The molecule has 0 saturated carbocycles. The number of ether oxygens (including phenoxy) is 4. The molecule has 10 atom stereocenters. The summed E-state index contributed by atoms with van der Waals surface area (Å²) in [4.78, 5) is 0. The van der Waals surface area contributed by atoms with E-state index >= 15 is 0 Å². The lowest BCUT2D eigenvalue weighted by Crippen LogP contribution is -2.63. The molecule has 0 aliphatic carbocycles. The SMILES string of the molecule is O=S(=O)([O-])OC1C(CO)OC(OC2C3COC2C(O)C(O)O3)C(O)C1O. The molecule has 10 unspecified atom stereocenters. The molecule has 0 aromatic rings. The molecule has 13 nitrogen and oxygen atoms in total. The summed E-state index contributed by atoms with van der Waals surface area (Å²) in [6.07, 6.45) is -14.4. The van der Waals surface area contributed by atoms with Crippen LogP contribution in [0.25, 0.3) is 0 Å². The van der Waals surface area contributed by atoms with Crippen molar-refractivity contribution < 1.29 is 61.6 Å². The second kappa shape index (κ2) is 7.50. The van der Waals surface area contributed by atoms with E-state index in [1.165, 1.54) is 0 Å². The summed E-state index contributed by atoms with van der Waals surface area (Å²) in [6, 6.07) is 0. The summed E-state index contributed by atoms with van der Waals surface area (Å²) in [5, 5.41) is 48.8. The van der Waals surface area contributed by atoms with Gasteiger partial charge in [-0.2, -0.15) is 0 Å². The van der Waals surface area contributed by atoms with Crippen molar-refractivity contribution in [3.05, 3.63) is 0 Å². The van der Waals surface area contributed by atoms with Gasteiger partial charge < -0.3 is 49.0 Å². The summed E-state index contributed by atoms with van der Waals surface area (Å²) >= 11 is 0. The maximum Gasteiger partial charge on any atom is 0.218 e. The lowest BCUT2D eigenvalue weighted by molar-refractivity contribution is -0.334. The zero-order chi connectivity index (χ0) is 19.2. The topological polar surface area (TPSA) is 204 Å². The predicted molar refractivity (Wildman–Crippen MR) is 73.8 cm³/mol. The smallest absolute Gasteiger partial charge is 0.218 e. The highest BCUT2D eigenvalue weighted by molar-refractivity contribution is 7.80. The zero-order valence-electron chi connectivity index (χ0n) is 13.1. The van der Waals surface area contributed by atoms with E-state index in [0.717, 1.165) is 0 Å². The first-order chi connectivity index (χ1) is 12.1. The van der Waals surface area contributed by atoms with Gasteiger partial charge in [0.05, 0.1) is 13.2 Å². The van der Waals surface area contributed by atoms with Crippen molar-refractivity contribution in [2.24, 2.45) is 0 Å². The largest absolute Gasteiger partial charge is 0.726 e. The maximum absolute atomic E-state index is 10.7. The van der Waals surface area contributed by atoms with Gasteiger partial charge in [0.2, 0.25) is 10.4 Å². The number of hydrogen-bond donors (Lipinski definition) is 5. The van der Waals surface area contributed by atoms with Crippen molar-refractivity contribution in [1.29, 1.82) is 0 Å². The molecule has 152 valence electrons. The molecular weight excluding hydrogens is 384 g/mol. The molecule has 14 heteroatoms. The summed E-state index contributed by atoms with van der Waals surface area (Å²) in [5.74, 6) is 0. The Balaban J connectivity index is 1.72. The fourth-order valence-corrected chi connectivity index (χ4v) is 3.69. The van der Waals surface area contributed by atoms with E-state index in [0.29, 0.717) is 0 Å². The van der Waals surface area contributed by atoms with E-state index in [-0.39, 0.29) is 6.61 Å². The number of hydrogen-bond acceptors (Lipinski definition) is 13. The summed E-state index contributed by atoms with van der Waals surface area (Å²) < 4.78 is 57.4. The molecule has 3 aliphatic rings. The second-order valence-electron chi connectivity index (χ2n) is 6.13. The minimum Gasteiger partial charge on any atom is -0.726 e. The van der Waals surface area contributed by atoms with Gasteiger partial charge in [-0.25, -0.2) is 8.42 Å². The van der Waals surface area contributed by atoms with Crippen molar-refractivity contribution in [3.8, 4) is 0 Å². The minimum absolute atomic E-state index is 0.0155. The van der Waals surface area contributed by atoms with Gasteiger partial charge in [0.25, 0.3) is 0 Å². The van der Waals surface area contributed by atoms with Crippen LogP contribution in [-0.4, -0.2) is 113 Å². The van der Waals surface area contributed by atoms with Crippen LogP contribution in [0.15, 0.2) is 0 Å². The highest BCUT2D eigenvalue weighted by Gasteiger charge is 2.54. The van der Waals surface area contributed by atoms with Gasteiger partial charge in [-0.15, -0.1) is 0 Å². The Labute approximate surface area is 147 Å². The average molecular weight is 403 g/mol.